The predicted octanol–water partition coefficient (Wildman–Crippen LogP) is -0.773. The lowest BCUT2D eigenvalue weighted by Crippen LogP contribution is -2.47. The summed E-state index contributed by atoms with van der Waals surface area (Å²) >= 11 is 0. The second-order valence-electron chi connectivity index (χ2n) is 6.52. The SMILES string of the molecule is CC(C)C(N)C(=O)O.CCC(C)C(N)C(=O)NN.O=C(O)[C@@H]1CCCN1. The van der Waals surface area contributed by atoms with Crippen LogP contribution >= 0.6 is 0 Å². The molecule has 10 heteroatoms. The van der Waals surface area contributed by atoms with Crippen molar-refractivity contribution in [1.29, 1.82) is 0 Å². The van der Waals surface area contributed by atoms with Crippen molar-refractivity contribution in [3.63, 3.8) is 0 Å². The highest BCUT2D eigenvalue weighted by Gasteiger charge is 2.20. The lowest BCUT2D eigenvalue weighted by molar-refractivity contribution is -0.140. The third-order valence-electron chi connectivity index (χ3n) is 4.06. The average Bonchev–Trinajstić information content (AvgIpc) is 3.14. The molecule has 1 aliphatic heterocycles. The first-order valence-corrected chi connectivity index (χ1v) is 8.70. The van der Waals surface area contributed by atoms with Crippen molar-refractivity contribution in [3.05, 3.63) is 0 Å². The molecule has 3 unspecified atom stereocenters. The van der Waals surface area contributed by atoms with Gasteiger partial charge in [-0.05, 0) is 31.2 Å². The molecule has 4 atom stereocenters. The maximum absolute atomic E-state index is 10.8. The van der Waals surface area contributed by atoms with Crippen LogP contribution in [0.15, 0.2) is 0 Å². The van der Waals surface area contributed by atoms with E-state index in [0.29, 0.717) is 0 Å². The summed E-state index contributed by atoms with van der Waals surface area (Å²) in [6.45, 7) is 8.31. The first-order valence-electron chi connectivity index (χ1n) is 8.70. The molecule has 0 saturated carbocycles. The summed E-state index contributed by atoms with van der Waals surface area (Å²) in [6, 6.07) is -1.46. The fraction of sp³-hybridized carbons (Fsp3) is 0.812. The van der Waals surface area contributed by atoms with Crippen LogP contribution in [0.25, 0.3) is 0 Å². The molecule has 0 aromatic rings. The standard InChI is InChI=1S/C6H15N3O.C5H9NO2.C5H11NO2/c1-3-4(2)5(7)6(10)9-8;7-5(8)4-2-1-3-6-4;1-3(2)4(6)5(7)8/h4-5H,3,7-8H2,1-2H3,(H,9,10);4,6H,1-3H2,(H,7,8);3-4H,6H2,1-2H3,(H,7,8)/t;4-;/m.0./s1. The number of rotatable bonds is 6. The highest BCUT2D eigenvalue weighted by atomic mass is 16.4. The van der Waals surface area contributed by atoms with Crippen molar-refractivity contribution < 1.29 is 24.6 Å². The Morgan fingerprint density at radius 3 is 1.88 bits per heavy atom. The molecule has 1 rings (SSSR count). The van der Waals surface area contributed by atoms with E-state index in [0.717, 1.165) is 25.8 Å². The van der Waals surface area contributed by atoms with Gasteiger partial charge in [-0.2, -0.15) is 0 Å². The van der Waals surface area contributed by atoms with E-state index in [1.165, 1.54) is 0 Å². The number of hydrazine groups is 1. The number of carbonyl (C=O) groups excluding carboxylic acids is 1. The quantitative estimate of drug-likeness (QED) is 0.177. The normalized spacial score (nSPS) is 19.2. The van der Waals surface area contributed by atoms with Crippen LogP contribution in [0.4, 0.5) is 0 Å². The predicted molar refractivity (Wildman–Crippen MR) is 98.9 cm³/mol. The second kappa shape index (κ2) is 14.4. The minimum atomic E-state index is -0.931. The number of nitrogens with two attached hydrogens (primary N) is 3. The Morgan fingerprint density at radius 2 is 1.69 bits per heavy atom. The molecule has 0 aromatic carbocycles. The van der Waals surface area contributed by atoms with E-state index in [1.807, 2.05) is 19.3 Å². The number of carboxylic acid groups (broad SMARTS) is 2. The summed E-state index contributed by atoms with van der Waals surface area (Å²) in [5.41, 5.74) is 12.7. The van der Waals surface area contributed by atoms with Gasteiger partial charge in [0.1, 0.15) is 12.1 Å². The van der Waals surface area contributed by atoms with Crippen LogP contribution in [0, 0.1) is 11.8 Å². The monoisotopic (exact) mass is 377 g/mol. The molecule has 0 spiro atoms. The molecule has 10 nitrogen and oxygen atoms in total. The Balaban J connectivity index is 0. The molecule has 1 fully saturated rings. The lowest BCUT2D eigenvalue weighted by atomic mass is 10.00. The van der Waals surface area contributed by atoms with Crippen LogP contribution in [0.2, 0.25) is 0 Å². The van der Waals surface area contributed by atoms with Crippen LogP contribution in [0.3, 0.4) is 0 Å². The van der Waals surface area contributed by atoms with E-state index in [9.17, 15) is 14.4 Å². The number of carboxylic acids is 2. The van der Waals surface area contributed by atoms with E-state index >= 15 is 0 Å². The lowest BCUT2D eigenvalue weighted by Gasteiger charge is -2.15. The molecular formula is C16H35N5O5. The minimum Gasteiger partial charge on any atom is -0.480 e. The van der Waals surface area contributed by atoms with Crippen molar-refractivity contribution in [2.45, 2.75) is 65.1 Å². The molecule has 26 heavy (non-hydrogen) atoms. The maximum Gasteiger partial charge on any atom is 0.320 e. The number of hydrogen-bond acceptors (Lipinski definition) is 7. The van der Waals surface area contributed by atoms with Crippen molar-refractivity contribution in [2.75, 3.05) is 6.54 Å². The van der Waals surface area contributed by atoms with E-state index in [4.69, 9.17) is 27.5 Å². The van der Waals surface area contributed by atoms with Gasteiger partial charge in [-0.15, -0.1) is 0 Å². The van der Waals surface area contributed by atoms with Crippen molar-refractivity contribution in [2.24, 2.45) is 29.1 Å². The van der Waals surface area contributed by atoms with Crippen molar-refractivity contribution in [3.8, 4) is 0 Å². The molecular weight excluding hydrogens is 342 g/mol. The Hall–Kier alpha value is -1.75. The third kappa shape index (κ3) is 11.7. The number of hydrogen-bond donors (Lipinski definition) is 7. The zero-order valence-electron chi connectivity index (χ0n) is 16.1. The third-order valence-corrected chi connectivity index (χ3v) is 4.06. The van der Waals surface area contributed by atoms with Crippen LogP contribution in [-0.4, -0.2) is 52.7 Å². The Bertz CT molecular complexity index is 415. The highest BCUT2D eigenvalue weighted by Crippen LogP contribution is 2.04. The summed E-state index contributed by atoms with van der Waals surface area (Å²) in [6.07, 6.45) is 2.67. The summed E-state index contributed by atoms with van der Waals surface area (Å²) in [5.74, 6) is 3.14. The Morgan fingerprint density at radius 1 is 1.15 bits per heavy atom. The Kier molecular flexibility index (Phi) is 14.7. The molecule has 10 N–H and O–H groups in total. The highest BCUT2D eigenvalue weighted by molar-refractivity contribution is 5.81. The molecule has 1 heterocycles. The molecule has 1 aliphatic rings. The summed E-state index contributed by atoms with van der Waals surface area (Å²) < 4.78 is 0. The first kappa shape index (κ1) is 26.5. The smallest absolute Gasteiger partial charge is 0.320 e. The van der Waals surface area contributed by atoms with Crippen molar-refractivity contribution in [1.82, 2.24) is 10.7 Å². The van der Waals surface area contributed by atoms with Crippen LogP contribution < -0.4 is 28.1 Å². The zero-order chi connectivity index (χ0) is 20.9. The second-order valence-corrected chi connectivity index (χ2v) is 6.52. The molecule has 0 aromatic heterocycles. The van der Waals surface area contributed by atoms with Gasteiger partial charge < -0.3 is 27.0 Å². The van der Waals surface area contributed by atoms with E-state index in [1.54, 1.807) is 13.8 Å². The van der Waals surface area contributed by atoms with Gasteiger partial charge in [0.25, 0.3) is 5.91 Å². The van der Waals surface area contributed by atoms with Crippen LogP contribution in [0.5, 0.6) is 0 Å². The minimum absolute atomic E-state index is 0.0208. The van der Waals surface area contributed by atoms with Gasteiger partial charge >= 0.3 is 11.9 Å². The molecule has 0 bridgehead atoms. The fourth-order valence-corrected chi connectivity index (χ4v) is 1.79. The first-order chi connectivity index (χ1) is 12.0. The Labute approximate surface area is 154 Å². The van der Waals surface area contributed by atoms with Gasteiger partial charge in [0.15, 0.2) is 0 Å². The molecule has 0 aliphatic carbocycles. The van der Waals surface area contributed by atoms with E-state index in [2.05, 4.69) is 5.32 Å². The fourth-order valence-electron chi connectivity index (χ4n) is 1.79. The van der Waals surface area contributed by atoms with Gasteiger partial charge in [0.2, 0.25) is 0 Å². The van der Waals surface area contributed by atoms with Crippen molar-refractivity contribution >= 4 is 17.8 Å². The average molecular weight is 377 g/mol. The topological polar surface area (TPSA) is 194 Å². The van der Waals surface area contributed by atoms with Gasteiger partial charge in [-0.3, -0.25) is 19.8 Å². The van der Waals surface area contributed by atoms with Gasteiger partial charge in [0.05, 0.1) is 6.04 Å². The van der Waals surface area contributed by atoms with Gasteiger partial charge in [-0.1, -0.05) is 34.1 Å². The zero-order valence-corrected chi connectivity index (χ0v) is 16.1. The van der Waals surface area contributed by atoms with E-state index < -0.39 is 24.0 Å². The van der Waals surface area contributed by atoms with Gasteiger partial charge in [-0.25, -0.2) is 5.84 Å². The molecule has 1 amide bonds. The molecule has 0 radical (unpaired) electrons. The maximum atomic E-state index is 10.8. The number of amides is 1. The summed E-state index contributed by atoms with van der Waals surface area (Å²) in [4.78, 5) is 30.9. The summed E-state index contributed by atoms with van der Waals surface area (Å²) in [5, 5.41) is 19.4. The van der Waals surface area contributed by atoms with Crippen LogP contribution in [0.1, 0.15) is 47.0 Å². The van der Waals surface area contributed by atoms with Crippen LogP contribution in [-0.2, 0) is 14.4 Å². The van der Waals surface area contributed by atoms with Gasteiger partial charge in [0, 0.05) is 0 Å². The number of aliphatic carboxylic acids is 2. The molecule has 1 saturated heterocycles. The van der Waals surface area contributed by atoms with E-state index in [-0.39, 0.29) is 23.8 Å². The number of carbonyl (C=O) groups is 3. The number of nitrogens with one attached hydrogen (secondary N) is 2. The molecule has 154 valence electrons. The summed E-state index contributed by atoms with van der Waals surface area (Å²) in [7, 11) is 0. The largest absolute Gasteiger partial charge is 0.480 e.